The van der Waals surface area contributed by atoms with E-state index in [0.29, 0.717) is 0 Å². The van der Waals surface area contributed by atoms with Crippen molar-refractivity contribution in [2.24, 2.45) is 5.41 Å². The average Bonchev–Trinajstić information content (AvgIpc) is 2.42. The molecule has 19 heavy (non-hydrogen) atoms. The number of carbonyl (C=O) groups is 1. The first kappa shape index (κ1) is 14.3. The van der Waals surface area contributed by atoms with Crippen molar-refractivity contribution in [3.8, 4) is 0 Å². The van der Waals surface area contributed by atoms with Gasteiger partial charge in [0.2, 0.25) is 0 Å². The molecule has 0 aromatic heterocycles. The Labute approximate surface area is 116 Å². The third-order valence-corrected chi connectivity index (χ3v) is 4.39. The monoisotopic (exact) mass is 259 g/mol. The summed E-state index contributed by atoms with van der Waals surface area (Å²) in [4.78, 5) is 13.8. The molecule has 2 heteroatoms. The Morgan fingerprint density at radius 3 is 2.53 bits per heavy atom. The summed E-state index contributed by atoms with van der Waals surface area (Å²) in [6, 6.07) is 8.50. The van der Waals surface area contributed by atoms with Gasteiger partial charge in [-0.05, 0) is 37.9 Å². The average molecular weight is 259 g/mol. The lowest BCUT2D eigenvalue weighted by molar-refractivity contribution is -0.119. The fourth-order valence-electron chi connectivity index (χ4n) is 3.24. The SMILES string of the molecule is Cc1ccccc1CN(C)CC1(C=O)CCCCC1. The summed E-state index contributed by atoms with van der Waals surface area (Å²) in [6.45, 7) is 3.98. The smallest absolute Gasteiger partial charge is 0.127 e. The van der Waals surface area contributed by atoms with Crippen LogP contribution in [0.15, 0.2) is 24.3 Å². The molecule has 1 saturated carbocycles. The predicted octanol–water partition coefficient (Wildman–Crippen LogP) is 3.58. The van der Waals surface area contributed by atoms with Gasteiger partial charge in [0.25, 0.3) is 0 Å². The summed E-state index contributed by atoms with van der Waals surface area (Å²) in [5.41, 5.74) is 2.61. The lowest BCUT2D eigenvalue weighted by Crippen LogP contribution is -2.38. The van der Waals surface area contributed by atoms with E-state index in [1.165, 1.54) is 36.7 Å². The van der Waals surface area contributed by atoms with Gasteiger partial charge in [0.05, 0.1) is 0 Å². The second-order valence-corrected chi connectivity index (χ2v) is 6.14. The molecule has 1 aliphatic carbocycles. The quantitative estimate of drug-likeness (QED) is 0.753. The summed E-state index contributed by atoms with van der Waals surface area (Å²) in [5, 5.41) is 0. The topological polar surface area (TPSA) is 20.3 Å². The van der Waals surface area contributed by atoms with E-state index >= 15 is 0 Å². The molecular weight excluding hydrogens is 234 g/mol. The number of aryl methyl sites for hydroxylation is 1. The van der Waals surface area contributed by atoms with Crippen LogP contribution in [0.25, 0.3) is 0 Å². The zero-order chi connectivity index (χ0) is 13.7. The fourth-order valence-corrected chi connectivity index (χ4v) is 3.24. The van der Waals surface area contributed by atoms with Crippen molar-refractivity contribution in [1.82, 2.24) is 4.90 Å². The Bertz CT molecular complexity index is 421. The molecular formula is C17H25NO. The van der Waals surface area contributed by atoms with Gasteiger partial charge in [-0.2, -0.15) is 0 Å². The molecule has 0 atom stereocenters. The highest BCUT2D eigenvalue weighted by atomic mass is 16.1. The number of hydrogen-bond donors (Lipinski definition) is 0. The molecule has 0 unspecified atom stereocenters. The van der Waals surface area contributed by atoms with Crippen LogP contribution in [-0.4, -0.2) is 24.8 Å². The van der Waals surface area contributed by atoms with Crippen LogP contribution in [0.1, 0.15) is 43.2 Å². The Balaban J connectivity index is 1.98. The molecule has 1 fully saturated rings. The van der Waals surface area contributed by atoms with Gasteiger partial charge < -0.3 is 9.69 Å². The first-order valence-corrected chi connectivity index (χ1v) is 7.35. The van der Waals surface area contributed by atoms with Crippen LogP contribution in [0.2, 0.25) is 0 Å². The van der Waals surface area contributed by atoms with Gasteiger partial charge in [-0.15, -0.1) is 0 Å². The van der Waals surface area contributed by atoms with Crippen molar-refractivity contribution in [3.05, 3.63) is 35.4 Å². The van der Waals surface area contributed by atoms with Gasteiger partial charge in [0.15, 0.2) is 0 Å². The summed E-state index contributed by atoms with van der Waals surface area (Å²) < 4.78 is 0. The zero-order valence-corrected chi connectivity index (χ0v) is 12.2. The number of rotatable bonds is 5. The number of hydrogen-bond acceptors (Lipinski definition) is 2. The van der Waals surface area contributed by atoms with E-state index < -0.39 is 0 Å². The molecule has 0 aliphatic heterocycles. The third kappa shape index (κ3) is 3.66. The highest BCUT2D eigenvalue weighted by molar-refractivity contribution is 5.60. The minimum Gasteiger partial charge on any atom is -0.303 e. The second kappa shape index (κ2) is 6.33. The van der Waals surface area contributed by atoms with Crippen LogP contribution in [-0.2, 0) is 11.3 Å². The maximum Gasteiger partial charge on any atom is 0.127 e. The van der Waals surface area contributed by atoms with Gasteiger partial charge in [-0.1, -0.05) is 43.5 Å². The molecule has 0 amide bonds. The van der Waals surface area contributed by atoms with E-state index in [-0.39, 0.29) is 5.41 Å². The predicted molar refractivity (Wildman–Crippen MR) is 79.1 cm³/mol. The van der Waals surface area contributed by atoms with Crippen molar-refractivity contribution < 1.29 is 4.79 Å². The van der Waals surface area contributed by atoms with E-state index in [2.05, 4.69) is 43.1 Å². The van der Waals surface area contributed by atoms with E-state index in [1.54, 1.807) is 0 Å². The molecule has 104 valence electrons. The van der Waals surface area contributed by atoms with Gasteiger partial charge in [0.1, 0.15) is 6.29 Å². The van der Waals surface area contributed by atoms with Gasteiger partial charge in [-0.3, -0.25) is 0 Å². The second-order valence-electron chi connectivity index (χ2n) is 6.14. The van der Waals surface area contributed by atoms with Crippen LogP contribution in [0.3, 0.4) is 0 Å². The molecule has 0 bridgehead atoms. The normalized spacial score (nSPS) is 18.5. The number of aldehydes is 1. The van der Waals surface area contributed by atoms with Crippen LogP contribution >= 0.6 is 0 Å². The molecule has 0 spiro atoms. The van der Waals surface area contributed by atoms with Gasteiger partial charge in [-0.25, -0.2) is 0 Å². The highest BCUT2D eigenvalue weighted by Crippen LogP contribution is 2.35. The van der Waals surface area contributed by atoms with Crippen molar-refractivity contribution >= 4 is 6.29 Å². The molecule has 2 rings (SSSR count). The summed E-state index contributed by atoms with van der Waals surface area (Å²) in [7, 11) is 2.13. The zero-order valence-electron chi connectivity index (χ0n) is 12.2. The van der Waals surface area contributed by atoms with Crippen molar-refractivity contribution in [1.29, 1.82) is 0 Å². The molecule has 0 radical (unpaired) electrons. The van der Waals surface area contributed by atoms with E-state index in [0.717, 1.165) is 25.9 Å². The van der Waals surface area contributed by atoms with Crippen LogP contribution < -0.4 is 0 Å². The van der Waals surface area contributed by atoms with Crippen molar-refractivity contribution in [2.45, 2.75) is 45.6 Å². The molecule has 1 aliphatic rings. The number of nitrogens with zero attached hydrogens (tertiary/aromatic N) is 1. The lowest BCUT2D eigenvalue weighted by Gasteiger charge is -2.35. The fraction of sp³-hybridized carbons (Fsp3) is 0.588. The summed E-state index contributed by atoms with van der Waals surface area (Å²) >= 11 is 0. The van der Waals surface area contributed by atoms with Crippen molar-refractivity contribution in [3.63, 3.8) is 0 Å². The summed E-state index contributed by atoms with van der Waals surface area (Å²) in [6.07, 6.45) is 7.05. The van der Waals surface area contributed by atoms with Crippen LogP contribution in [0, 0.1) is 12.3 Å². The van der Waals surface area contributed by atoms with E-state index in [4.69, 9.17) is 0 Å². The number of carbonyl (C=O) groups excluding carboxylic acids is 1. The first-order valence-electron chi connectivity index (χ1n) is 7.35. The van der Waals surface area contributed by atoms with Gasteiger partial charge >= 0.3 is 0 Å². The maximum absolute atomic E-state index is 11.5. The summed E-state index contributed by atoms with van der Waals surface area (Å²) in [5.74, 6) is 0. The van der Waals surface area contributed by atoms with Crippen molar-refractivity contribution in [2.75, 3.05) is 13.6 Å². The standard InChI is InChI=1S/C17H25NO/c1-15-8-4-5-9-16(15)12-18(2)13-17(14-19)10-6-3-7-11-17/h4-5,8-9,14H,3,6-7,10-13H2,1-2H3. The minimum absolute atomic E-state index is 0.0876. The molecule has 1 aromatic carbocycles. The number of benzene rings is 1. The molecule has 2 nitrogen and oxygen atoms in total. The Morgan fingerprint density at radius 1 is 1.21 bits per heavy atom. The maximum atomic E-state index is 11.5. The molecule has 1 aromatic rings. The lowest BCUT2D eigenvalue weighted by atomic mass is 9.75. The third-order valence-electron chi connectivity index (χ3n) is 4.39. The minimum atomic E-state index is -0.0876. The largest absolute Gasteiger partial charge is 0.303 e. The Morgan fingerprint density at radius 2 is 1.89 bits per heavy atom. The van der Waals surface area contributed by atoms with Crippen LogP contribution in [0.4, 0.5) is 0 Å². The molecule has 0 N–H and O–H groups in total. The Kier molecular flexibility index (Phi) is 4.76. The highest BCUT2D eigenvalue weighted by Gasteiger charge is 2.32. The van der Waals surface area contributed by atoms with E-state index in [9.17, 15) is 4.79 Å². The van der Waals surface area contributed by atoms with Gasteiger partial charge in [0, 0.05) is 18.5 Å². The molecule has 0 saturated heterocycles. The van der Waals surface area contributed by atoms with E-state index in [1.807, 2.05) is 0 Å². The Hall–Kier alpha value is -1.15. The first-order chi connectivity index (χ1) is 9.15. The van der Waals surface area contributed by atoms with Crippen LogP contribution in [0.5, 0.6) is 0 Å². The molecule has 0 heterocycles.